The first-order chi connectivity index (χ1) is 10.5. The Labute approximate surface area is 137 Å². The molecule has 1 aromatic heterocycles. The number of nitrogens with two attached hydrogens (primary N) is 1. The van der Waals surface area contributed by atoms with Crippen LogP contribution in [0.1, 0.15) is 23.3 Å². The van der Waals surface area contributed by atoms with Gasteiger partial charge < -0.3 is 11.1 Å². The Hall–Kier alpha value is -1.63. The maximum absolute atomic E-state index is 11.4. The molecule has 22 heavy (non-hydrogen) atoms. The number of primary amides is 1. The van der Waals surface area contributed by atoms with E-state index in [9.17, 15) is 4.79 Å². The molecule has 0 atom stereocenters. The van der Waals surface area contributed by atoms with Crippen LogP contribution in [0.25, 0.3) is 0 Å². The summed E-state index contributed by atoms with van der Waals surface area (Å²) in [7, 11) is 0. The van der Waals surface area contributed by atoms with Gasteiger partial charge in [-0.2, -0.15) is 0 Å². The Balaban J connectivity index is 1.66. The minimum atomic E-state index is -0.544. The Bertz CT molecular complexity index is 694. The molecular formula is C15H17ClN4OS. The predicted molar refractivity (Wildman–Crippen MR) is 89.6 cm³/mol. The molecule has 3 rings (SSSR count). The number of hydrogen-bond acceptors (Lipinski definition) is 5. The minimum Gasteiger partial charge on any atom is -0.368 e. The van der Waals surface area contributed by atoms with Crippen LogP contribution in [0.4, 0.5) is 10.8 Å². The van der Waals surface area contributed by atoms with Gasteiger partial charge in [-0.05, 0) is 31.9 Å². The lowest BCUT2D eigenvalue weighted by molar-refractivity contribution is -0.121. The Morgan fingerprint density at radius 1 is 1.41 bits per heavy atom. The lowest BCUT2D eigenvalue weighted by atomic mass is 10.2. The smallest absolute Gasteiger partial charge is 0.237 e. The van der Waals surface area contributed by atoms with Crippen LogP contribution in [0.5, 0.6) is 0 Å². The molecule has 1 amide bonds. The van der Waals surface area contributed by atoms with Crippen molar-refractivity contribution < 1.29 is 4.79 Å². The van der Waals surface area contributed by atoms with Crippen molar-refractivity contribution in [2.45, 2.75) is 31.8 Å². The second kappa shape index (κ2) is 5.87. The maximum atomic E-state index is 11.4. The van der Waals surface area contributed by atoms with E-state index >= 15 is 0 Å². The Morgan fingerprint density at radius 2 is 2.09 bits per heavy atom. The van der Waals surface area contributed by atoms with Crippen molar-refractivity contribution in [1.29, 1.82) is 0 Å². The molecule has 2 aromatic rings. The first-order valence-corrected chi connectivity index (χ1v) is 8.22. The van der Waals surface area contributed by atoms with Gasteiger partial charge in [0.1, 0.15) is 5.15 Å². The van der Waals surface area contributed by atoms with Crippen molar-refractivity contribution in [3.8, 4) is 0 Å². The molecule has 1 heterocycles. The highest BCUT2D eigenvalue weighted by Crippen LogP contribution is 2.36. The summed E-state index contributed by atoms with van der Waals surface area (Å²) in [5.41, 5.74) is 7.02. The first-order valence-electron chi connectivity index (χ1n) is 7.02. The summed E-state index contributed by atoms with van der Waals surface area (Å²) in [5, 5.41) is 7.61. The zero-order valence-corrected chi connectivity index (χ0v) is 13.7. The van der Waals surface area contributed by atoms with E-state index in [0.717, 1.165) is 28.5 Å². The number of rotatable bonds is 6. The van der Waals surface area contributed by atoms with Gasteiger partial charge in [0.2, 0.25) is 5.91 Å². The van der Waals surface area contributed by atoms with Gasteiger partial charge in [0.25, 0.3) is 0 Å². The molecule has 0 aliphatic heterocycles. The van der Waals surface area contributed by atoms with Crippen LogP contribution >= 0.6 is 22.9 Å². The molecule has 0 bridgehead atoms. The zero-order valence-electron chi connectivity index (χ0n) is 12.1. The number of carbonyl (C=O) groups is 1. The summed E-state index contributed by atoms with van der Waals surface area (Å²) in [4.78, 5) is 16.6. The molecule has 1 fully saturated rings. The number of anilines is 2. The number of amides is 1. The quantitative estimate of drug-likeness (QED) is 0.757. The van der Waals surface area contributed by atoms with Gasteiger partial charge in [-0.1, -0.05) is 40.6 Å². The summed E-state index contributed by atoms with van der Waals surface area (Å²) in [6.07, 6.45) is 1.57. The van der Waals surface area contributed by atoms with Crippen LogP contribution in [-0.2, 0) is 11.3 Å². The van der Waals surface area contributed by atoms with Crippen molar-refractivity contribution >= 4 is 39.7 Å². The number of nitrogens with one attached hydrogen (secondary N) is 2. The van der Waals surface area contributed by atoms with Gasteiger partial charge in [-0.3, -0.25) is 10.1 Å². The fraction of sp³-hybridized carbons (Fsp3) is 0.333. The summed E-state index contributed by atoms with van der Waals surface area (Å²) in [5.74, 6) is -0.300. The highest BCUT2D eigenvalue weighted by Gasteiger charge is 2.48. The summed E-state index contributed by atoms with van der Waals surface area (Å²) >= 11 is 7.64. The van der Waals surface area contributed by atoms with Crippen LogP contribution < -0.4 is 16.4 Å². The molecule has 1 aliphatic carbocycles. The Morgan fingerprint density at radius 3 is 2.68 bits per heavy atom. The van der Waals surface area contributed by atoms with Gasteiger partial charge in [0, 0.05) is 12.2 Å². The van der Waals surface area contributed by atoms with E-state index in [2.05, 4.69) is 15.6 Å². The minimum absolute atomic E-state index is 0.300. The third-order valence-corrected chi connectivity index (χ3v) is 5.16. The van der Waals surface area contributed by atoms with Crippen molar-refractivity contribution in [2.75, 3.05) is 5.32 Å². The third-order valence-electron chi connectivity index (χ3n) is 3.76. The number of aryl methyl sites for hydroxylation is 1. The second-order valence-corrected chi connectivity index (χ2v) is 6.97. The molecule has 0 radical (unpaired) electrons. The monoisotopic (exact) mass is 336 g/mol. The van der Waals surface area contributed by atoms with E-state index < -0.39 is 5.54 Å². The number of carbonyl (C=O) groups excluding carboxylic acids is 1. The molecule has 116 valence electrons. The number of aromatic nitrogens is 1. The third kappa shape index (κ3) is 3.24. The van der Waals surface area contributed by atoms with Crippen molar-refractivity contribution in [3.05, 3.63) is 39.9 Å². The van der Waals surface area contributed by atoms with Crippen LogP contribution in [0.2, 0.25) is 5.15 Å². The van der Waals surface area contributed by atoms with E-state index in [1.165, 1.54) is 16.9 Å². The van der Waals surface area contributed by atoms with Gasteiger partial charge in [-0.25, -0.2) is 4.98 Å². The van der Waals surface area contributed by atoms with E-state index in [4.69, 9.17) is 17.3 Å². The van der Waals surface area contributed by atoms with Gasteiger partial charge in [0.05, 0.1) is 10.4 Å². The van der Waals surface area contributed by atoms with E-state index in [0.29, 0.717) is 11.7 Å². The van der Waals surface area contributed by atoms with Gasteiger partial charge in [-0.15, -0.1) is 0 Å². The summed E-state index contributed by atoms with van der Waals surface area (Å²) < 4.78 is 0. The normalized spacial score (nSPS) is 15.5. The van der Waals surface area contributed by atoms with Crippen LogP contribution in [0.3, 0.4) is 0 Å². The highest BCUT2D eigenvalue weighted by atomic mass is 35.5. The first kappa shape index (κ1) is 15.3. The number of hydrogen-bond donors (Lipinski definition) is 3. The van der Waals surface area contributed by atoms with Crippen molar-refractivity contribution in [3.63, 3.8) is 0 Å². The molecule has 1 aromatic carbocycles. The topological polar surface area (TPSA) is 80.0 Å². The largest absolute Gasteiger partial charge is 0.368 e. The molecule has 0 spiro atoms. The molecular weight excluding hydrogens is 320 g/mol. The molecule has 1 aliphatic rings. The number of nitrogens with zero attached hydrogens (tertiary/aromatic N) is 1. The van der Waals surface area contributed by atoms with Gasteiger partial charge >= 0.3 is 0 Å². The lowest BCUT2D eigenvalue weighted by Gasteiger charge is -2.11. The lowest BCUT2D eigenvalue weighted by Crippen LogP contribution is -2.43. The molecule has 0 saturated heterocycles. The Kier molecular flexibility index (Phi) is 4.08. The highest BCUT2D eigenvalue weighted by molar-refractivity contribution is 7.16. The molecule has 5 nitrogen and oxygen atoms in total. The molecule has 7 heteroatoms. The second-order valence-electron chi connectivity index (χ2n) is 5.52. The zero-order chi connectivity index (χ0) is 15.7. The number of halogens is 1. The van der Waals surface area contributed by atoms with Crippen molar-refractivity contribution in [2.24, 2.45) is 5.73 Å². The fourth-order valence-corrected chi connectivity index (χ4v) is 3.27. The number of thiazole rings is 1. The standard InChI is InChI=1S/C15H17ClN4OS/c1-9-2-4-10(5-3-9)19-14-20-12(16)11(22-14)8-18-15(6-7-15)13(17)21/h2-5,18H,6-8H2,1H3,(H2,17,21)(H,19,20). The van der Waals surface area contributed by atoms with Crippen molar-refractivity contribution in [1.82, 2.24) is 10.3 Å². The van der Waals surface area contributed by atoms with E-state index in [-0.39, 0.29) is 5.91 Å². The van der Waals surface area contributed by atoms with Gasteiger partial charge in [0.15, 0.2) is 5.13 Å². The SMILES string of the molecule is Cc1ccc(Nc2nc(Cl)c(CNC3(C(N)=O)CC3)s2)cc1. The summed E-state index contributed by atoms with van der Waals surface area (Å²) in [6, 6.07) is 8.05. The van der Waals surface area contributed by atoms with Crippen LogP contribution in [-0.4, -0.2) is 16.4 Å². The van der Waals surface area contributed by atoms with Crippen LogP contribution in [0.15, 0.2) is 24.3 Å². The molecule has 4 N–H and O–H groups in total. The van der Waals surface area contributed by atoms with Crippen LogP contribution in [0, 0.1) is 6.92 Å². The van der Waals surface area contributed by atoms with E-state index in [1.54, 1.807) is 0 Å². The fourth-order valence-electron chi connectivity index (χ4n) is 2.14. The predicted octanol–water partition coefficient (Wildman–Crippen LogP) is 2.96. The summed E-state index contributed by atoms with van der Waals surface area (Å²) in [6.45, 7) is 2.54. The molecule has 1 saturated carbocycles. The average Bonchev–Trinajstić information content (AvgIpc) is 3.19. The number of benzene rings is 1. The molecule has 0 unspecified atom stereocenters. The van der Waals surface area contributed by atoms with E-state index in [1.807, 2.05) is 31.2 Å². The maximum Gasteiger partial charge on any atom is 0.237 e. The average molecular weight is 337 g/mol.